The van der Waals surface area contributed by atoms with Crippen molar-refractivity contribution < 1.29 is 14.3 Å². The highest BCUT2D eigenvalue weighted by Gasteiger charge is 2.22. The van der Waals surface area contributed by atoms with Crippen LogP contribution in [-0.2, 0) is 9.53 Å². The van der Waals surface area contributed by atoms with Gasteiger partial charge in [0.1, 0.15) is 5.75 Å². The molecule has 0 atom stereocenters. The first-order valence-corrected chi connectivity index (χ1v) is 8.11. The van der Waals surface area contributed by atoms with Gasteiger partial charge in [0, 0.05) is 32.8 Å². The number of carbonyl (C=O) groups is 1. The molecule has 1 aliphatic heterocycles. The summed E-state index contributed by atoms with van der Waals surface area (Å²) in [4.78, 5) is 14.2. The van der Waals surface area contributed by atoms with Crippen LogP contribution in [-0.4, -0.2) is 59.0 Å². The lowest BCUT2D eigenvalue weighted by Crippen LogP contribution is -2.47. The molecule has 2 rings (SSSR count). The van der Waals surface area contributed by atoms with E-state index < -0.39 is 0 Å². The predicted octanol–water partition coefficient (Wildman–Crippen LogP) is 1.86. The van der Waals surface area contributed by atoms with Crippen molar-refractivity contribution in [2.24, 2.45) is 0 Å². The third-order valence-electron chi connectivity index (χ3n) is 4.05. The Labute approximate surface area is 162 Å². The van der Waals surface area contributed by atoms with Gasteiger partial charge in [-0.1, -0.05) is 12.1 Å². The number of amides is 1. The highest BCUT2D eigenvalue weighted by Crippen LogP contribution is 2.29. The Morgan fingerprint density at radius 3 is 2.52 bits per heavy atom. The fourth-order valence-corrected chi connectivity index (χ4v) is 2.81. The van der Waals surface area contributed by atoms with E-state index in [1.165, 1.54) is 0 Å². The van der Waals surface area contributed by atoms with Crippen LogP contribution in [0, 0.1) is 0 Å². The summed E-state index contributed by atoms with van der Waals surface area (Å²) in [6.45, 7) is 3.49. The van der Waals surface area contributed by atoms with E-state index >= 15 is 0 Å². The lowest BCUT2D eigenvalue weighted by molar-refractivity contribution is -0.121. The molecule has 1 heterocycles. The van der Waals surface area contributed by atoms with E-state index in [9.17, 15) is 4.79 Å². The highest BCUT2D eigenvalue weighted by atomic mass is 35.5. The smallest absolute Gasteiger partial charge is 0.234 e. The minimum Gasteiger partial charge on any atom is -0.495 e. The van der Waals surface area contributed by atoms with Gasteiger partial charge in [-0.15, -0.1) is 24.8 Å². The Hall–Kier alpha value is -1.21. The molecule has 0 saturated carbocycles. The van der Waals surface area contributed by atoms with E-state index in [0.717, 1.165) is 37.4 Å². The van der Waals surface area contributed by atoms with Gasteiger partial charge in [-0.3, -0.25) is 4.79 Å². The van der Waals surface area contributed by atoms with Gasteiger partial charge in [0.05, 0.1) is 25.9 Å². The van der Waals surface area contributed by atoms with Crippen molar-refractivity contribution in [2.75, 3.05) is 51.9 Å². The number of rotatable bonds is 8. The zero-order valence-corrected chi connectivity index (χ0v) is 16.5. The molecule has 8 heteroatoms. The number of methoxy groups -OCH3 is 2. The molecular formula is C17H29Cl2N3O3. The minimum atomic E-state index is 0. The third-order valence-corrected chi connectivity index (χ3v) is 4.05. The van der Waals surface area contributed by atoms with E-state index in [1.807, 2.05) is 18.2 Å². The Morgan fingerprint density at radius 2 is 1.88 bits per heavy atom. The normalized spacial score (nSPS) is 14.2. The monoisotopic (exact) mass is 393 g/mol. The number of hydrogen-bond acceptors (Lipinski definition) is 5. The van der Waals surface area contributed by atoms with E-state index in [4.69, 9.17) is 9.47 Å². The number of benzene rings is 1. The minimum absolute atomic E-state index is 0. The Kier molecular flexibility index (Phi) is 12.4. The maximum atomic E-state index is 11.9. The number of ether oxygens (including phenoxy) is 2. The number of anilines is 1. The van der Waals surface area contributed by atoms with Crippen LogP contribution >= 0.6 is 24.8 Å². The quantitative estimate of drug-likeness (QED) is 0.659. The molecule has 1 aromatic carbocycles. The fourth-order valence-electron chi connectivity index (χ4n) is 2.81. The lowest BCUT2D eigenvalue weighted by atomic mass is 10.0. The number of nitrogens with zero attached hydrogens (tertiary/aromatic N) is 1. The van der Waals surface area contributed by atoms with Gasteiger partial charge < -0.3 is 25.0 Å². The third kappa shape index (κ3) is 7.69. The zero-order chi connectivity index (χ0) is 16.5. The maximum absolute atomic E-state index is 11.9. The van der Waals surface area contributed by atoms with Crippen LogP contribution in [0.2, 0.25) is 0 Å². The van der Waals surface area contributed by atoms with Gasteiger partial charge >= 0.3 is 0 Å². The van der Waals surface area contributed by atoms with Gasteiger partial charge in [0.25, 0.3) is 0 Å². The maximum Gasteiger partial charge on any atom is 0.234 e. The number of halogens is 2. The van der Waals surface area contributed by atoms with E-state index in [1.54, 1.807) is 14.2 Å². The number of piperidine rings is 1. The fraction of sp³-hybridized carbons (Fsp3) is 0.588. The molecule has 0 aromatic heterocycles. The van der Waals surface area contributed by atoms with Crippen molar-refractivity contribution >= 4 is 36.4 Å². The SMILES string of the molecule is COCCNCC(=O)NC1CCN(c2ccccc2OC)CC1.Cl.Cl. The molecule has 0 unspecified atom stereocenters. The topological polar surface area (TPSA) is 62.8 Å². The van der Waals surface area contributed by atoms with Crippen molar-refractivity contribution in [2.45, 2.75) is 18.9 Å². The molecule has 0 bridgehead atoms. The Bertz CT molecular complexity index is 498. The summed E-state index contributed by atoms with van der Waals surface area (Å²) in [5.41, 5.74) is 1.13. The largest absolute Gasteiger partial charge is 0.495 e. The van der Waals surface area contributed by atoms with E-state index in [0.29, 0.717) is 19.7 Å². The van der Waals surface area contributed by atoms with Gasteiger partial charge in [0.2, 0.25) is 5.91 Å². The number of para-hydroxylation sites is 2. The molecule has 1 aliphatic rings. The second-order valence-corrected chi connectivity index (χ2v) is 5.67. The summed E-state index contributed by atoms with van der Waals surface area (Å²) in [6, 6.07) is 8.31. The Morgan fingerprint density at radius 1 is 1.20 bits per heavy atom. The summed E-state index contributed by atoms with van der Waals surface area (Å²) >= 11 is 0. The average molecular weight is 394 g/mol. The van der Waals surface area contributed by atoms with Crippen LogP contribution in [0.4, 0.5) is 5.69 Å². The first-order chi connectivity index (χ1) is 11.2. The summed E-state index contributed by atoms with van der Waals surface area (Å²) in [6.07, 6.45) is 1.89. The molecule has 1 aromatic rings. The molecule has 0 aliphatic carbocycles. The second-order valence-electron chi connectivity index (χ2n) is 5.67. The molecule has 0 spiro atoms. The first kappa shape index (κ1) is 23.8. The van der Waals surface area contributed by atoms with Crippen molar-refractivity contribution in [3.8, 4) is 5.75 Å². The van der Waals surface area contributed by atoms with E-state index in [-0.39, 0.29) is 36.8 Å². The summed E-state index contributed by atoms with van der Waals surface area (Å²) in [5, 5.41) is 6.16. The number of nitrogens with one attached hydrogen (secondary N) is 2. The van der Waals surface area contributed by atoms with Crippen LogP contribution in [0.1, 0.15) is 12.8 Å². The summed E-state index contributed by atoms with van der Waals surface area (Å²) in [5.74, 6) is 0.953. The molecule has 25 heavy (non-hydrogen) atoms. The molecule has 1 fully saturated rings. The lowest BCUT2D eigenvalue weighted by Gasteiger charge is -2.34. The second kappa shape index (κ2) is 13.1. The molecular weight excluding hydrogens is 365 g/mol. The molecule has 2 N–H and O–H groups in total. The average Bonchev–Trinajstić information content (AvgIpc) is 2.59. The van der Waals surface area contributed by atoms with Crippen molar-refractivity contribution in [3.05, 3.63) is 24.3 Å². The van der Waals surface area contributed by atoms with Gasteiger partial charge in [-0.05, 0) is 25.0 Å². The molecule has 144 valence electrons. The number of carbonyl (C=O) groups excluding carboxylic acids is 1. The van der Waals surface area contributed by atoms with Crippen molar-refractivity contribution in [3.63, 3.8) is 0 Å². The summed E-state index contributed by atoms with van der Waals surface area (Å²) in [7, 11) is 3.35. The predicted molar refractivity (Wildman–Crippen MR) is 106 cm³/mol. The van der Waals surface area contributed by atoms with Crippen LogP contribution in [0.15, 0.2) is 24.3 Å². The van der Waals surface area contributed by atoms with Crippen LogP contribution in [0.5, 0.6) is 5.75 Å². The zero-order valence-electron chi connectivity index (χ0n) is 14.8. The van der Waals surface area contributed by atoms with Crippen LogP contribution < -0.4 is 20.3 Å². The summed E-state index contributed by atoms with van der Waals surface area (Å²) < 4.78 is 10.4. The molecule has 6 nitrogen and oxygen atoms in total. The van der Waals surface area contributed by atoms with Crippen LogP contribution in [0.3, 0.4) is 0 Å². The molecule has 1 amide bonds. The van der Waals surface area contributed by atoms with Crippen molar-refractivity contribution in [1.82, 2.24) is 10.6 Å². The molecule has 1 saturated heterocycles. The van der Waals surface area contributed by atoms with Gasteiger partial charge in [0.15, 0.2) is 0 Å². The standard InChI is InChI=1S/C17H27N3O3.2ClH/c1-22-12-9-18-13-17(21)19-14-7-10-20(11-8-14)15-5-3-4-6-16(15)23-2;;/h3-6,14,18H,7-13H2,1-2H3,(H,19,21);2*1H. The van der Waals surface area contributed by atoms with Crippen molar-refractivity contribution in [1.29, 1.82) is 0 Å². The van der Waals surface area contributed by atoms with Gasteiger partial charge in [-0.2, -0.15) is 0 Å². The van der Waals surface area contributed by atoms with Gasteiger partial charge in [-0.25, -0.2) is 0 Å². The first-order valence-electron chi connectivity index (χ1n) is 8.11. The molecule has 0 radical (unpaired) electrons. The van der Waals surface area contributed by atoms with E-state index in [2.05, 4.69) is 21.6 Å². The van der Waals surface area contributed by atoms with Crippen LogP contribution in [0.25, 0.3) is 0 Å². The highest BCUT2D eigenvalue weighted by molar-refractivity contribution is 5.85. The number of hydrogen-bond donors (Lipinski definition) is 2. The Balaban J connectivity index is 0.00000288.